The molecule has 1 amide bonds. The average Bonchev–Trinajstić information content (AvgIpc) is 3.27. The number of nitrogens with zero attached hydrogens (tertiary/aromatic N) is 3. The fourth-order valence-corrected chi connectivity index (χ4v) is 2.52. The first-order valence-corrected chi connectivity index (χ1v) is 7.63. The molecule has 0 bridgehead atoms. The maximum absolute atomic E-state index is 12.5. The minimum Gasteiger partial charge on any atom is -0.477 e. The molecule has 6 nitrogen and oxygen atoms in total. The van der Waals surface area contributed by atoms with Gasteiger partial charge in [0.25, 0.3) is 5.91 Å². The Bertz CT molecular complexity index is 664. The number of aromatic nitrogens is 3. The van der Waals surface area contributed by atoms with Crippen LogP contribution in [0, 0.1) is 5.92 Å². The smallest absolute Gasteiger partial charge is 0.262 e. The van der Waals surface area contributed by atoms with E-state index in [1.807, 2.05) is 17.7 Å². The molecular weight excluding hydrogens is 280 g/mol. The van der Waals surface area contributed by atoms with Crippen molar-refractivity contribution < 1.29 is 9.53 Å². The molecule has 1 atom stereocenters. The van der Waals surface area contributed by atoms with Crippen molar-refractivity contribution in [2.24, 2.45) is 5.92 Å². The van der Waals surface area contributed by atoms with Crippen LogP contribution in [0.2, 0.25) is 0 Å². The summed E-state index contributed by atoms with van der Waals surface area (Å²) in [6, 6.07) is 5.54. The van der Waals surface area contributed by atoms with Crippen LogP contribution in [0.25, 0.3) is 0 Å². The van der Waals surface area contributed by atoms with Crippen molar-refractivity contribution in [2.75, 3.05) is 11.9 Å². The summed E-state index contributed by atoms with van der Waals surface area (Å²) in [4.78, 5) is 16.6. The van der Waals surface area contributed by atoms with Crippen molar-refractivity contribution in [1.29, 1.82) is 0 Å². The summed E-state index contributed by atoms with van der Waals surface area (Å²) in [5.41, 5.74) is 0.427. The lowest BCUT2D eigenvalue weighted by Crippen LogP contribution is -2.19. The molecule has 0 spiro atoms. The number of carbonyl (C=O) groups excluding carboxylic acids is 1. The molecule has 2 heterocycles. The van der Waals surface area contributed by atoms with Crippen molar-refractivity contribution in [1.82, 2.24) is 14.8 Å². The Morgan fingerprint density at radius 2 is 2.27 bits per heavy atom. The minimum atomic E-state index is -0.235. The molecule has 116 valence electrons. The van der Waals surface area contributed by atoms with Gasteiger partial charge in [0.15, 0.2) is 0 Å². The number of pyridine rings is 1. The lowest BCUT2D eigenvalue weighted by molar-refractivity contribution is 0.102. The average molecular weight is 300 g/mol. The molecule has 1 fully saturated rings. The summed E-state index contributed by atoms with van der Waals surface area (Å²) >= 11 is 0. The number of amides is 1. The lowest BCUT2D eigenvalue weighted by atomic mass is 10.2. The molecule has 1 aliphatic rings. The van der Waals surface area contributed by atoms with E-state index in [-0.39, 0.29) is 5.91 Å². The van der Waals surface area contributed by atoms with Gasteiger partial charge in [-0.2, -0.15) is 5.10 Å². The Morgan fingerprint density at radius 3 is 3.00 bits per heavy atom. The predicted octanol–water partition coefficient (Wildman–Crippen LogP) is 2.90. The van der Waals surface area contributed by atoms with Crippen LogP contribution < -0.4 is 10.1 Å². The molecule has 1 aliphatic carbocycles. The van der Waals surface area contributed by atoms with E-state index in [9.17, 15) is 4.79 Å². The van der Waals surface area contributed by atoms with E-state index in [1.54, 1.807) is 24.5 Å². The number of carbonyl (C=O) groups is 1. The molecule has 22 heavy (non-hydrogen) atoms. The Balaban J connectivity index is 1.79. The molecule has 0 radical (unpaired) electrons. The number of hydrogen-bond donors (Lipinski definition) is 1. The van der Waals surface area contributed by atoms with E-state index >= 15 is 0 Å². The second-order valence-electron chi connectivity index (χ2n) is 5.48. The summed E-state index contributed by atoms with van der Waals surface area (Å²) in [6.45, 7) is 4.46. The van der Waals surface area contributed by atoms with Crippen LogP contribution >= 0.6 is 0 Å². The quantitative estimate of drug-likeness (QED) is 0.890. The van der Waals surface area contributed by atoms with Crippen LogP contribution in [-0.2, 0) is 0 Å². The molecule has 2 aromatic heterocycles. The normalized spacial score (nSPS) is 15.4. The fourth-order valence-electron chi connectivity index (χ4n) is 2.52. The van der Waals surface area contributed by atoms with Gasteiger partial charge in [-0.25, -0.2) is 9.67 Å². The monoisotopic (exact) mass is 300 g/mol. The van der Waals surface area contributed by atoms with Crippen molar-refractivity contribution >= 4 is 11.7 Å². The Kier molecular flexibility index (Phi) is 4.09. The topological polar surface area (TPSA) is 69.0 Å². The van der Waals surface area contributed by atoms with Crippen molar-refractivity contribution in [2.45, 2.75) is 32.7 Å². The molecule has 0 saturated heterocycles. The van der Waals surface area contributed by atoms with E-state index in [4.69, 9.17) is 4.74 Å². The van der Waals surface area contributed by atoms with Gasteiger partial charge >= 0.3 is 0 Å². The Morgan fingerprint density at radius 1 is 1.45 bits per heavy atom. The number of nitrogens with one attached hydrogen (secondary N) is 1. The van der Waals surface area contributed by atoms with E-state index in [1.165, 1.54) is 12.8 Å². The summed E-state index contributed by atoms with van der Waals surface area (Å²) in [7, 11) is 0. The fraction of sp³-hybridized carbons (Fsp3) is 0.438. The largest absolute Gasteiger partial charge is 0.477 e. The highest BCUT2D eigenvalue weighted by Gasteiger charge is 2.31. The molecule has 0 aromatic carbocycles. The van der Waals surface area contributed by atoms with Gasteiger partial charge < -0.3 is 10.1 Å². The maximum Gasteiger partial charge on any atom is 0.262 e. The first-order chi connectivity index (χ1) is 10.7. The van der Waals surface area contributed by atoms with Gasteiger partial charge in [0.2, 0.25) is 5.88 Å². The molecule has 0 aliphatic heterocycles. The number of ether oxygens (including phenoxy) is 1. The van der Waals surface area contributed by atoms with Crippen molar-refractivity contribution in [3.8, 4) is 5.88 Å². The SMILES string of the molecule is CCOc1ncccc1C(=O)Nc1ccnn1C(C)C1CC1. The van der Waals surface area contributed by atoms with Crippen LogP contribution in [0.3, 0.4) is 0 Å². The van der Waals surface area contributed by atoms with E-state index < -0.39 is 0 Å². The number of rotatable bonds is 6. The van der Waals surface area contributed by atoms with Crippen LogP contribution in [0.5, 0.6) is 5.88 Å². The second kappa shape index (κ2) is 6.17. The van der Waals surface area contributed by atoms with Gasteiger partial charge in [-0.1, -0.05) is 0 Å². The summed E-state index contributed by atoms with van der Waals surface area (Å²) in [5, 5.41) is 7.25. The van der Waals surface area contributed by atoms with Gasteiger partial charge in [0.1, 0.15) is 11.4 Å². The van der Waals surface area contributed by atoms with Crippen LogP contribution in [-0.4, -0.2) is 27.3 Å². The standard InChI is InChI=1S/C16H20N4O2/c1-3-22-16-13(5-4-9-17-16)15(21)19-14-8-10-18-20(14)11(2)12-6-7-12/h4-5,8-12H,3,6-7H2,1-2H3,(H,19,21). The van der Waals surface area contributed by atoms with E-state index in [0.717, 1.165) is 0 Å². The molecule has 2 aromatic rings. The van der Waals surface area contributed by atoms with Crippen LogP contribution in [0.4, 0.5) is 5.82 Å². The Labute approximate surface area is 129 Å². The summed E-state index contributed by atoms with van der Waals surface area (Å²) < 4.78 is 7.29. The number of hydrogen-bond acceptors (Lipinski definition) is 4. The molecule has 3 rings (SSSR count). The molecule has 1 unspecified atom stereocenters. The highest BCUT2D eigenvalue weighted by atomic mass is 16.5. The van der Waals surface area contributed by atoms with E-state index in [0.29, 0.717) is 35.8 Å². The van der Waals surface area contributed by atoms with Crippen molar-refractivity contribution in [3.05, 3.63) is 36.2 Å². The zero-order valence-electron chi connectivity index (χ0n) is 12.8. The maximum atomic E-state index is 12.5. The van der Waals surface area contributed by atoms with Gasteiger partial charge in [0, 0.05) is 12.3 Å². The molecule has 1 saturated carbocycles. The zero-order valence-corrected chi connectivity index (χ0v) is 12.8. The van der Waals surface area contributed by atoms with Gasteiger partial charge in [0.05, 0.1) is 18.8 Å². The number of anilines is 1. The summed E-state index contributed by atoms with van der Waals surface area (Å²) in [6.07, 6.45) is 5.78. The first-order valence-electron chi connectivity index (χ1n) is 7.63. The highest BCUT2D eigenvalue weighted by Crippen LogP contribution is 2.40. The first kappa shape index (κ1) is 14.6. The lowest BCUT2D eigenvalue weighted by Gasteiger charge is -2.15. The third-order valence-corrected chi connectivity index (χ3v) is 3.90. The zero-order chi connectivity index (χ0) is 15.5. The summed E-state index contributed by atoms with van der Waals surface area (Å²) in [5.74, 6) is 1.48. The third-order valence-electron chi connectivity index (χ3n) is 3.90. The molecule has 6 heteroatoms. The highest BCUT2D eigenvalue weighted by molar-refractivity contribution is 6.05. The minimum absolute atomic E-state index is 0.235. The van der Waals surface area contributed by atoms with Crippen molar-refractivity contribution in [3.63, 3.8) is 0 Å². The molecular formula is C16H20N4O2. The van der Waals surface area contributed by atoms with Gasteiger partial charge in [-0.05, 0) is 44.7 Å². The Hall–Kier alpha value is -2.37. The van der Waals surface area contributed by atoms with Crippen LogP contribution in [0.15, 0.2) is 30.6 Å². The van der Waals surface area contributed by atoms with Gasteiger partial charge in [-0.15, -0.1) is 0 Å². The van der Waals surface area contributed by atoms with Gasteiger partial charge in [-0.3, -0.25) is 4.79 Å². The predicted molar refractivity (Wildman–Crippen MR) is 83.0 cm³/mol. The van der Waals surface area contributed by atoms with E-state index in [2.05, 4.69) is 22.3 Å². The molecule has 1 N–H and O–H groups in total. The third kappa shape index (κ3) is 2.95. The van der Waals surface area contributed by atoms with Crippen LogP contribution in [0.1, 0.15) is 43.1 Å². The second-order valence-corrected chi connectivity index (χ2v) is 5.48.